The lowest BCUT2D eigenvalue weighted by molar-refractivity contribution is -0.330. The van der Waals surface area contributed by atoms with Crippen LogP contribution in [0.25, 0.3) is 0 Å². The fourth-order valence-corrected chi connectivity index (χ4v) is 4.94. The van der Waals surface area contributed by atoms with Crippen molar-refractivity contribution in [3.8, 4) is 11.5 Å². The Morgan fingerprint density at radius 2 is 1.56 bits per heavy atom. The number of benzene rings is 3. The molecule has 0 aromatic heterocycles. The molecule has 3 aromatic rings. The van der Waals surface area contributed by atoms with Crippen molar-refractivity contribution in [1.29, 1.82) is 0 Å². The van der Waals surface area contributed by atoms with E-state index < -0.39 is 43.0 Å². The maximum atomic E-state index is 13.1. The second-order valence-electron chi connectivity index (χ2n) is 8.97. The average molecular weight is 490 g/mol. The first-order chi connectivity index (χ1) is 17.7. The normalized spacial score (nSPS) is 29.1. The molecule has 6 rings (SSSR count). The maximum absolute atomic E-state index is 13.1. The molecule has 6 atom stereocenters. The van der Waals surface area contributed by atoms with Gasteiger partial charge in [-0.3, -0.25) is 4.90 Å². The summed E-state index contributed by atoms with van der Waals surface area (Å²) in [5, 5.41) is 0. The summed E-state index contributed by atoms with van der Waals surface area (Å²) in [5.41, 5.74) is 1.88. The summed E-state index contributed by atoms with van der Waals surface area (Å²) in [4.78, 5) is 14.8. The fourth-order valence-electron chi connectivity index (χ4n) is 4.94. The lowest BCUT2D eigenvalue weighted by Gasteiger charge is -2.46. The van der Waals surface area contributed by atoms with Crippen LogP contribution in [-0.4, -0.2) is 55.4 Å². The van der Waals surface area contributed by atoms with Crippen LogP contribution in [0.1, 0.15) is 17.4 Å². The van der Waals surface area contributed by atoms with Crippen LogP contribution in [-0.2, 0) is 25.5 Å². The van der Waals surface area contributed by atoms with Crippen LogP contribution in [0.3, 0.4) is 0 Å². The molecule has 186 valence electrons. The van der Waals surface area contributed by atoms with Gasteiger partial charge in [-0.2, -0.15) is 0 Å². The van der Waals surface area contributed by atoms with Crippen LogP contribution in [0.2, 0.25) is 0 Å². The zero-order chi connectivity index (χ0) is 24.5. The average Bonchev–Trinajstić information content (AvgIpc) is 3.26. The smallest absolute Gasteiger partial charge is 0.411 e. The topological polar surface area (TPSA) is 75.7 Å². The van der Waals surface area contributed by atoms with E-state index in [1.165, 1.54) is 0 Å². The maximum Gasteiger partial charge on any atom is 0.411 e. The molecule has 0 saturated carbocycles. The Bertz CT molecular complexity index is 1170. The van der Waals surface area contributed by atoms with Gasteiger partial charge in [0.25, 0.3) is 0 Å². The van der Waals surface area contributed by atoms with Gasteiger partial charge in [0, 0.05) is 12.1 Å². The fraction of sp³-hybridized carbons (Fsp3) is 0.321. The molecule has 3 heterocycles. The monoisotopic (exact) mass is 489 g/mol. The molecule has 0 N–H and O–H groups in total. The van der Waals surface area contributed by atoms with E-state index in [0.29, 0.717) is 12.3 Å². The minimum atomic E-state index is -0.778. The summed E-state index contributed by atoms with van der Waals surface area (Å²) in [6.45, 7) is 0.648. The first-order valence-electron chi connectivity index (χ1n) is 12.0. The van der Waals surface area contributed by atoms with Gasteiger partial charge in [0.2, 0.25) is 6.29 Å². The number of carbonyl (C=O) groups is 1. The number of fused-ring (bicyclic) bond motifs is 3. The molecule has 1 unspecified atom stereocenters. The van der Waals surface area contributed by atoms with E-state index in [1.807, 2.05) is 84.9 Å². The zero-order valence-corrected chi connectivity index (χ0v) is 19.8. The number of amides is 1. The van der Waals surface area contributed by atoms with E-state index in [2.05, 4.69) is 0 Å². The van der Waals surface area contributed by atoms with Crippen molar-refractivity contribution in [2.24, 2.45) is 0 Å². The van der Waals surface area contributed by atoms with Gasteiger partial charge in [0.05, 0.1) is 13.7 Å². The van der Waals surface area contributed by atoms with Gasteiger partial charge in [-0.15, -0.1) is 0 Å². The molecule has 0 bridgehead atoms. The molecule has 0 radical (unpaired) electrons. The molecule has 8 heteroatoms. The summed E-state index contributed by atoms with van der Waals surface area (Å²) in [7, 11) is 1.61. The molecule has 3 saturated heterocycles. The van der Waals surface area contributed by atoms with E-state index in [-0.39, 0.29) is 6.61 Å². The van der Waals surface area contributed by atoms with Crippen molar-refractivity contribution in [3.63, 3.8) is 0 Å². The van der Waals surface area contributed by atoms with E-state index in [9.17, 15) is 4.79 Å². The standard InChI is InChI=1S/C28H27NO7/c1-31-20-12-14-21(15-13-20)33-27-23-25(36-28(30)29(23)16-18-8-4-2-5-9-18)24-22(34-27)17-32-26(35-24)19-10-6-3-7-11-19/h2-15,22-27H,16-17H2,1H3/t22-,23-,24-,25-,26?,27-/m1/s1. The molecule has 0 aliphatic carbocycles. The van der Waals surface area contributed by atoms with E-state index in [0.717, 1.165) is 16.9 Å². The van der Waals surface area contributed by atoms with Crippen LogP contribution in [0.5, 0.6) is 11.5 Å². The van der Waals surface area contributed by atoms with Crippen LogP contribution >= 0.6 is 0 Å². The van der Waals surface area contributed by atoms with Crippen molar-refractivity contribution in [2.75, 3.05) is 13.7 Å². The van der Waals surface area contributed by atoms with Crippen molar-refractivity contribution in [3.05, 3.63) is 96.1 Å². The van der Waals surface area contributed by atoms with Gasteiger partial charge in [0.1, 0.15) is 29.7 Å². The molecule has 3 aromatic carbocycles. The molecule has 36 heavy (non-hydrogen) atoms. The highest BCUT2D eigenvalue weighted by atomic mass is 16.8. The van der Waals surface area contributed by atoms with Crippen molar-refractivity contribution >= 4 is 6.09 Å². The Hall–Kier alpha value is -3.59. The van der Waals surface area contributed by atoms with Gasteiger partial charge in [0.15, 0.2) is 12.4 Å². The SMILES string of the molecule is COc1ccc(O[C@@H]2O[C@@H]3COC(c4ccccc4)O[C@H]3[C@@H]3OC(=O)N(Cc4ccccc4)[C@@H]23)cc1. The zero-order valence-electron chi connectivity index (χ0n) is 19.8. The first-order valence-corrected chi connectivity index (χ1v) is 12.0. The third-order valence-electron chi connectivity index (χ3n) is 6.72. The second kappa shape index (κ2) is 9.81. The summed E-state index contributed by atoms with van der Waals surface area (Å²) >= 11 is 0. The number of hydrogen-bond acceptors (Lipinski definition) is 7. The molecular formula is C28H27NO7. The summed E-state index contributed by atoms with van der Waals surface area (Å²) in [6, 6.07) is 26.2. The van der Waals surface area contributed by atoms with Crippen molar-refractivity contribution in [2.45, 2.75) is 43.5 Å². The molecule has 8 nitrogen and oxygen atoms in total. The number of hydrogen-bond donors (Lipinski definition) is 0. The Morgan fingerprint density at radius 3 is 2.28 bits per heavy atom. The predicted molar refractivity (Wildman–Crippen MR) is 128 cm³/mol. The van der Waals surface area contributed by atoms with Crippen LogP contribution in [0, 0.1) is 0 Å². The Labute approximate surface area is 209 Å². The van der Waals surface area contributed by atoms with Gasteiger partial charge in [-0.1, -0.05) is 60.7 Å². The van der Waals surface area contributed by atoms with E-state index in [1.54, 1.807) is 12.0 Å². The third-order valence-corrected chi connectivity index (χ3v) is 6.72. The number of carbonyl (C=O) groups excluding carboxylic acids is 1. The Kier molecular flexibility index (Phi) is 6.23. The third kappa shape index (κ3) is 4.39. The lowest BCUT2D eigenvalue weighted by atomic mass is 9.95. The Balaban J connectivity index is 1.29. The number of nitrogens with zero attached hydrogens (tertiary/aromatic N) is 1. The van der Waals surface area contributed by atoms with Gasteiger partial charge < -0.3 is 28.4 Å². The Morgan fingerprint density at radius 1 is 0.861 bits per heavy atom. The summed E-state index contributed by atoms with van der Waals surface area (Å²) in [5.74, 6) is 1.31. The van der Waals surface area contributed by atoms with Gasteiger partial charge in [-0.05, 0) is 29.8 Å². The van der Waals surface area contributed by atoms with Crippen LogP contribution < -0.4 is 9.47 Å². The predicted octanol–water partition coefficient (Wildman–Crippen LogP) is 4.30. The number of rotatable bonds is 6. The van der Waals surface area contributed by atoms with Gasteiger partial charge >= 0.3 is 6.09 Å². The van der Waals surface area contributed by atoms with Crippen molar-refractivity contribution in [1.82, 2.24) is 4.90 Å². The summed E-state index contributed by atoms with van der Waals surface area (Å²) in [6.07, 6.45) is -3.32. The quantitative estimate of drug-likeness (QED) is 0.511. The van der Waals surface area contributed by atoms with E-state index in [4.69, 9.17) is 28.4 Å². The second-order valence-corrected chi connectivity index (χ2v) is 8.97. The molecule has 3 aliphatic rings. The minimum absolute atomic E-state index is 0.284. The lowest BCUT2D eigenvalue weighted by Crippen LogP contribution is -2.64. The largest absolute Gasteiger partial charge is 0.497 e. The number of ether oxygens (including phenoxy) is 6. The number of methoxy groups -OCH3 is 1. The first kappa shape index (κ1) is 22.8. The highest BCUT2D eigenvalue weighted by molar-refractivity contribution is 5.71. The van der Waals surface area contributed by atoms with E-state index >= 15 is 0 Å². The molecule has 3 fully saturated rings. The molecular weight excluding hydrogens is 462 g/mol. The molecule has 3 aliphatic heterocycles. The minimum Gasteiger partial charge on any atom is -0.497 e. The highest BCUT2D eigenvalue weighted by Crippen LogP contribution is 2.41. The van der Waals surface area contributed by atoms with Crippen LogP contribution in [0.15, 0.2) is 84.9 Å². The van der Waals surface area contributed by atoms with Crippen LogP contribution in [0.4, 0.5) is 4.79 Å². The molecule has 0 spiro atoms. The molecule has 1 amide bonds. The summed E-state index contributed by atoms with van der Waals surface area (Å²) < 4.78 is 36.2. The van der Waals surface area contributed by atoms with Crippen molar-refractivity contribution < 1.29 is 33.2 Å². The highest BCUT2D eigenvalue weighted by Gasteiger charge is 2.59. The van der Waals surface area contributed by atoms with Gasteiger partial charge in [-0.25, -0.2) is 4.79 Å².